The van der Waals surface area contributed by atoms with Gasteiger partial charge in [-0.1, -0.05) is 11.6 Å². The number of carbonyl (C=O) groups is 1. The zero-order valence-corrected chi connectivity index (χ0v) is 13.7. The molecular weight excluding hydrogens is 318 g/mol. The van der Waals surface area contributed by atoms with Crippen LogP contribution in [0.15, 0.2) is 35.6 Å². The standard InChI is InChI=1S/C16H16ClN3O3/c1-10-4-5-11(8-18-10)16(21)20-19-9-12-6-14(22-2)15(23-3)7-13(12)17/h4-9H,1-3H3,(H,20,21). The topological polar surface area (TPSA) is 72.8 Å². The van der Waals surface area contributed by atoms with Gasteiger partial charge in [0, 0.05) is 23.5 Å². The monoisotopic (exact) mass is 333 g/mol. The Morgan fingerprint density at radius 3 is 2.57 bits per heavy atom. The van der Waals surface area contributed by atoms with Gasteiger partial charge < -0.3 is 9.47 Å². The average molecular weight is 334 g/mol. The zero-order valence-electron chi connectivity index (χ0n) is 13.0. The Hall–Kier alpha value is -2.60. The van der Waals surface area contributed by atoms with E-state index in [-0.39, 0.29) is 5.91 Å². The number of hydrogen-bond acceptors (Lipinski definition) is 5. The summed E-state index contributed by atoms with van der Waals surface area (Å²) in [5.74, 6) is 0.683. The Balaban J connectivity index is 2.11. The van der Waals surface area contributed by atoms with E-state index in [1.54, 1.807) is 24.3 Å². The zero-order chi connectivity index (χ0) is 16.8. The fourth-order valence-corrected chi connectivity index (χ4v) is 2.00. The molecule has 0 saturated carbocycles. The molecule has 0 atom stereocenters. The lowest BCUT2D eigenvalue weighted by molar-refractivity contribution is 0.0955. The van der Waals surface area contributed by atoms with Gasteiger partial charge in [-0.25, -0.2) is 5.43 Å². The highest BCUT2D eigenvalue weighted by molar-refractivity contribution is 6.33. The fourth-order valence-electron chi connectivity index (χ4n) is 1.80. The molecule has 0 radical (unpaired) electrons. The summed E-state index contributed by atoms with van der Waals surface area (Å²) < 4.78 is 10.4. The molecule has 1 N–H and O–H groups in total. The molecule has 7 heteroatoms. The van der Waals surface area contributed by atoms with Crippen LogP contribution in [0, 0.1) is 6.92 Å². The minimum absolute atomic E-state index is 0.356. The Labute approximate surface area is 139 Å². The van der Waals surface area contributed by atoms with Gasteiger partial charge in [0.05, 0.1) is 31.0 Å². The first-order chi connectivity index (χ1) is 11.0. The molecule has 0 spiro atoms. The molecule has 1 amide bonds. The third-order valence-electron chi connectivity index (χ3n) is 3.05. The van der Waals surface area contributed by atoms with Gasteiger partial charge in [0.15, 0.2) is 11.5 Å². The van der Waals surface area contributed by atoms with Crippen LogP contribution in [0.3, 0.4) is 0 Å². The highest BCUT2D eigenvalue weighted by atomic mass is 35.5. The largest absolute Gasteiger partial charge is 0.493 e. The summed E-state index contributed by atoms with van der Waals surface area (Å²) >= 11 is 6.14. The van der Waals surface area contributed by atoms with Crippen molar-refractivity contribution in [3.63, 3.8) is 0 Å². The van der Waals surface area contributed by atoms with Gasteiger partial charge in [0.1, 0.15) is 0 Å². The van der Waals surface area contributed by atoms with Crippen LogP contribution in [-0.4, -0.2) is 31.3 Å². The van der Waals surface area contributed by atoms with Crippen LogP contribution in [0.5, 0.6) is 11.5 Å². The van der Waals surface area contributed by atoms with Gasteiger partial charge in [0.2, 0.25) is 0 Å². The van der Waals surface area contributed by atoms with Crippen molar-refractivity contribution in [2.45, 2.75) is 6.92 Å². The van der Waals surface area contributed by atoms with Crippen LogP contribution in [0.4, 0.5) is 0 Å². The van der Waals surface area contributed by atoms with E-state index < -0.39 is 0 Å². The number of aryl methyl sites for hydroxylation is 1. The third kappa shape index (κ3) is 4.20. The van der Waals surface area contributed by atoms with Crippen LogP contribution in [0.2, 0.25) is 5.02 Å². The summed E-state index contributed by atoms with van der Waals surface area (Å²) in [6.07, 6.45) is 2.92. The predicted molar refractivity (Wildman–Crippen MR) is 88.6 cm³/mol. The molecule has 1 heterocycles. The van der Waals surface area contributed by atoms with Crippen LogP contribution >= 0.6 is 11.6 Å². The van der Waals surface area contributed by atoms with Crippen molar-refractivity contribution >= 4 is 23.7 Å². The van der Waals surface area contributed by atoms with Crippen molar-refractivity contribution in [3.05, 3.63) is 52.3 Å². The molecule has 1 aromatic carbocycles. The van der Waals surface area contributed by atoms with Gasteiger partial charge in [0.25, 0.3) is 5.91 Å². The first-order valence-electron chi connectivity index (χ1n) is 6.72. The van der Waals surface area contributed by atoms with Gasteiger partial charge in [-0.3, -0.25) is 9.78 Å². The Morgan fingerprint density at radius 1 is 1.26 bits per heavy atom. The number of hydrogen-bond donors (Lipinski definition) is 1. The molecule has 120 valence electrons. The van der Waals surface area contributed by atoms with E-state index in [1.807, 2.05) is 6.92 Å². The van der Waals surface area contributed by atoms with Crippen molar-refractivity contribution in [1.29, 1.82) is 0 Å². The van der Waals surface area contributed by atoms with Crippen molar-refractivity contribution in [3.8, 4) is 11.5 Å². The number of nitrogens with zero attached hydrogens (tertiary/aromatic N) is 2. The Morgan fingerprint density at radius 2 is 1.96 bits per heavy atom. The lowest BCUT2D eigenvalue weighted by Crippen LogP contribution is -2.17. The van der Waals surface area contributed by atoms with Gasteiger partial charge in [-0.2, -0.15) is 5.10 Å². The van der Waals surface area contributed by atoms with E-state index >= 15 is 0 Å². The normalized spacial score (nSPS) is 10.6. The van der Waals surface area contributed by atoms with Gasteiger partial charge in [-0.05, 0) is 25.1 Å². The molecule has 6 nitrogen and oxygen atoms in total. The first-order valence-corrected chi connectivity index (χ1v) is 7.10. The second-order valence-electron chi connectivity index (χ2n) is 4.62. The quantitative estimate of drug-likeness (QED) is 0.674. The molecule has 0 aliphatic rings. The highest BCUT2D eigenvalue weighted by Crippen LogP contribution is 2.32. The number of nitrogens with one attached hydrogen (secondary N) is 1. The molecule has 2 aromatic rings. The number of carbonyl (C=O) groups excluding carboxylic acids is 1. The smallest absolute Gasteiger partial charge is 0.272 e. The number of amides is 1. The van der Waals surface area contributed by atoms with Crippen molar-refractivity contribution in [2.24, 2.45) is 5.10 Å². The molecule has 23 heavy (non-hydrogen) atoms. The number of pyridine rings is 1. The van der Waals surface area contributed by atoms with Crippen molar-refractivity contribution in [2.75, 3.05) is 14.2 Å². The maximum absolute atomic E-state index is 11.9. The molecular formula is C16H16ClN3O3. The van der Waals surface area contributed by atoms with E-state index in [4.69, 9.17) is 21.1 Å². The maximum atomic E-state index is 11.9. The number of halogens is 1. The SMILES string of the molecule is COc1cc(Cl)c(C=NNC(=O)c2ccc(C)nc2)cc1OC. The summed E-state index contributed by atoms with van der Waals surface area (Å²) in [6, 6.07) is 6.72. The summed E-state index contributed by atoms with van der Waals surface area (Å²) in [6.45, 7) is 1.85. The number of benzene rings is 1. The highest BCUT2D eigenvalue weighted by Gasteiger charge is 2.09. The van der Waals surface area contributed by atoms with Gasteiger partial charge in [-0.15, -0.1) is 0 Å². The lowest BCUT2D eigenvalue weighted by atomic mass is 10.2. The second kappa shape index (κ2) is 7.60. The van der Waals surface area contributed by atoms with Crippen LogP contribution in [0.25, 0.3) is 0 Å². The second-order valence-corrected chi connectivity index (χ2v) is 5.02. The van der Waals surface area contributed by atoms with E-state index in [1.165, 1.54) is 26.6 Å². The Bertz CT molecular complexity index is 730. The van der Waals surface area contributed by atoms with E-state index in [0.717, 1.165) is 5.69 Å². The molecule has 0 fully saturated rings. The number of hydrazone groups is 1. The minimum atomic E-state index is -0.356. The predicted octanol–water partition coefficient (Wildman–Crippen LogP) is 2.82. The fraction of sp³-hybridized carbons (Fsp3) is 0.188. The van der Waals surface area contributed by atoms with Crippen LogP contribution in [-0.2, 0) is 0 Å². The summed E-state index contributed by atoms with van der Waals surface area (Å²) in [4.78, 5) is 16.0. The molecule has 0 saturated heterocycles. The molecule has 0 aliphatic heterocycles. The molecule has 0 unspecified atom stereocenters. The van der Waals surface area contributed by atoms with Crippen molar-refractivity contribution in [1.82, 2.24) is 10.4 Å². The van der Waals surface area contributed by atoms with Crippen LogP contribution < -0.4 is 14.9 Å². The van der Waals surface area contributed by atoms with E-state index in [9.17, 15) is 4.79 Å². The van der Waals surface area contributed by atoms with Gasteiger partial charge >= 0.3 is 0 Å². The maximum Gasteiger partial charge on any atom is 0.272 e. The van der Waals surface area contributed by atoms with Crippen LogP contribution in [0.1, 0.15) is 21.6 Å². The Kier molecular flexibility index (Phi) is 5.54. The number of rotatable bonds is 5. The molecule has 0 bridgehead atoms. The third-order valence-corrected chi connectivity index (χ3v) is 3.37. The summed E-state index contributed by atoms with van der Waals surface area (Å²) in [5.41, 5.74) is 4.27. The number of methoxy groups -OCH3 is 2. The first kappa shape index (κ1) is 16.8. The van der Waals surface area contributed by atoms with Crippen molar-refractivity contribution < 1.29 is 14.3 Å². The minimum Gasteiger partial charge on any atom is -0.493 e. The van der Waals surface area contributed by atoms with E-state index in [0.29, 0.717) is 27.6 Å². The molecule has 2 rings (SSSR count). The lowest BCUT2D eigenvalue weighted by Gasteiger charge is -2.09. The molecule has 1 aromatic heterocycles. The average Bonchev–Trinajstić information content (AvgIpc) is 2.56. The van der Waals surface area contributed by atoms with E-state index in [2.05, 4.69) is 15.5 Å². The number of aromatic nitrogens is 1. The molecule has 0 aliphatic carbocycles. The summed E-state index contributed by atoms with van der Waals surface area (Å²) in [7, 11) is 3.05. The number of ether oxygens (including phenoxy) is 2. The summed E-state index contributed by atoms with van der Waals surface area (Å²) in [5, 5.41) is 4.33.